The first kappa shape index (κ1) is 15.9. The molecule has 0 spiro atoms. The Kier molecular flexibility index (Phi) is 5.84. The normalized spacial score (nSPS) is 39.5. The lowest BCUT2D eigenvalue weighted by molar-refractivity contribution is -0.162. The van der Waals surface area contributed by atoms with Gasteiger partial charge in [0.2, 0.25) is 5.44 Å². The summed E-state index contributed by atoms with van der Waals surface area (Å²) in [6.45, 7) is 6.70. The number of hydrogen-bond acceptors (Lipinski definition) is 4. The highest BCUT2D eigenvalue weighted by atomic mass is 127. The molecule has 0 aromatic heterocycles. The van der Waals surface area contributed by atoms with Crippen molar-refractivity contribution in [1.82, 2.24) is 0 Å². The molecule has 0 radical (unpaired) electrons. The van der Waals surface area contributed by atoms with Gasteiger partial charge >= 0.3 is 5.97 Å². The molecule has 5 atom stereocenters. The van der Waals surface area contributed by atoms with E-state index in [-0.39, 0.29) is 16.2 Å². The van der Waals surface area contributed by atoms with E-state index < -0.39 is 5.44 Å². The number of hydrogen-bond donors (Lipinski definition) is 0. The number of esters is 1. The van der Waals surface area contributed by atoms with Gasteiger partial charge in [-0.1, -0.05) is 49.8 Å². The quantitative estimate of drug-likeness (QED) is 0.411. The van der Waals surface area contributed by atoms with Crippen LogP contribution in [0.3, 0.4) is 0 Å². The molecule has 0 amide bonds. The molecule has 2 rings (SSSR count). The summed E-state index contributed by atoms with van der Waals surface area (Å²) >= 11 is 3.77. The van der Waals surface area contributed by atoms with E-state index >= 15 is 0 Å². The first-order valence-electron chi connectivity index (χ1n) is 7.09. The predicted molar refractivity (Wildman–Crippen MR) is 86.4 cm³/mol. The Morgan fingerprint density at radius 2 is 2.16 bits per heavy atom. The van der Waals surface area contributed by atoms with Crippen LogP contribution in [0.25, 0.3) is 0 Å². The van der Waals surface area contributed by atoms with E-state index in [9.17, 15) is 4.79 Å². The second kappa shape index (κ2) is 6.98. The number of thioether (sulfide) groups is 1. The molecule has 19 heavy (non-hydrogen) atoms. The van der Waals surface area contributed by atoms with Crippen molar-refractivity contribution >= 4 is 40.3 Å². The summed E-state index contributed by atoms with van der Waals surface area (Å²) in [5.74, 6) is 2.42. The molecule has 1 saturated carbocycles. The molecule has 2 fully saturated rings. The van der Waals surface area contributed by atoms with Crippen molar-refractivity contribution in [3.05, 3.63) is 0 Å². The highest BCUT2D eigenvalue weighted by molar-refractivity contribution is 14.1. The molecule has 1 heterocycles. The molecule has 2 unspecified atom stereocenters. The molecule has 0 aromatic carbocycles. The third kappa shape index (κ3) is 4.24. The molecular weight excluding hydrogens is 375 g/mol. The van der Waals surface area contributed by atoms with E-state index in [1.807, 2.05) is 0 Å². The van der Waals surface area contributed by atoms with Gasteiger partial charge in [0, 0.05) is 5.75 Å². The van der Waals surface area contributed by atoms with Gasteiger partial charge in [0.25, 0.3) is 0 Å². The smallest absolute Gasteiger partial charge is 0.346 e. The molecule has 0 N–H and O–H groups in total. The van der Waals surface area contributed by atoms with Crippen LogP contribution >= 0.6 is 34.4 Å². The summed E-state index contributed by atoms with van der Waals surface area (Å²) in [4.78, 5) is 12.2. The minimum absolute atomic E-state index is 0.0775. The number of alkyl halides is 1. The van der Waals surface area contributed by atoms with Crippen LogP contribution in [0.15, 0.2) is 0 Å². The van der Waals surface area contributed by atoms with Gasteiger partial charge in [-0.25, -0.2) is 4.79 Å². The second-order valence-corrected chi connectivity index (χ2v) is 8.50. The fraction of sp³-hybridized carbons (Fsp3) is 0.929. The van der Waals surface area contributed by atoms with Crippen LogP contribution in [0.4, 0.5) is 0 Å². The molecule has 3 nitrogen and oxygen atoms in total. The van der Waals surface area contributed by atoms with Crippen molar-refractivity contribution in [2.75, 3.05) is 5.75 Å². The average Bonchev–Trinajstić information content (AvgIpc) is 2.75. The number of halogens is 1. The van der Waals surface area contributed by atoms with Crippen molar-refractivity contribution in [3.8, 4) is 0 Å². The van der Waals surface area contributed by atoms with Crippen LogP contribution in [0.5, 0.6) is 0 Å². The van der Waals surface area contributed by atoms with Gasteiger partial charge in [0.05, 0.1) is 0 Å². The maximum Gasteiger partial charge on any atom is 0.346 e. The van der Waals surface area contributed by atoms with Crippen molar-refractivity contribution < 1.29 is 14.3 Å². The summed E-state index contributed by atoms with van der Waals surface area (Å²) in [6.07, 6.45) is 3.50. The monoisotopic (exact) mass is 398 g/mol. The summed E-state index contributed by atoms with van der Waals surface area (Å²) in [5, 5.41) is 0. The van der Waals surface area contributed by atoms with Crippen LogP contribution in [0, 0.1) is 17.8 Å². The van der Waals surface area contributed by atoms with Crippen LogP contribution in [0.2, 0.25) is 0 Å². The Hall–Kier alpha value is 0.510. The number of carbonyl (C=O) groups excluding carboxylic acids is 1. The third-order valence-electron chi connectivity index (χ3n) is 4.07. The zero-order valence-electron chi connectivity index (χ0n) is 11.8. The van der Waals surface area contributed by atoms with Crippen LogP contribution in [-0.4, -0.2) is 27.4 Å². The second-order valence-electron chi connectivity index (χ2n) is 6.01. The summed E-state index contributed by atoms with van der Waals surface area (Å²) in [5.41, 5.74) is -0.410. The molecule has 0 bridgehead atoms. The molecule has 110 valence electrons. The summed E-state index contributed by atoms with van der Waals surface area (Å²) in [6, 6.07) is 0. The lowest BCUT2D eigenvalue weighted by Gasteiger charge is -2.37. The van der Waals surface area contributed by atoms with Crippen molar-refractivity contribution in [3.63, 3.8) is 0 Å². The summed E-state index contributed by atoms with van der Waals surface area (Å²) in [7, 11) is 0. The maximum absolute atomic E-state index is 12.2. The minimum atomic E-state index is -0.410. The Labute approximate surface area is 133 Å². The van der Waals surface area contributed by atoms with Crippen LogP contribution in [0.1, 0.15) is 40.0 Å². The first-order chi connectivity index (χ1) is 8.97. The van der Waals surface area contributed by atoms with Gasteiger partial charge < -0.3 is 9.47 Å². The van der Waals surface area contributed by atoms with Gasteiger partial charge in [-0.05, 0) is 30.6 Å². The van der Waals surface area contributed by atoms with Crippen molar-refractivity contribution in [2.45, 2.75) is 55.7 Å². The van der Waals surface area contributed by atoms with E-state index in [2.05, 4.69) is 43.4 Å². The first-order valence-corrected chi connectivity index (χ1v) is 9.38. The van der Waals surface area contributed by atoms with Crippen LogP contribution in [-0.2, 0) is 14.3 Å². The highest BCUT2D eigenvalue weighted by Crippen LogP contribution is 2.37. The van der Waals surface area contributed by atoms with E-state index in [1.54, 1.807) is 11.8 Å². The fourth-order valence-corrected chi connectivity index (χ4v) is 4.88. The SMILES string of the molecule is CC(C)C1CC[C@@H](C)C[C@H]1OC(=O)[C@@H]1OC(I)CS1. The van der Waals surface area contributed by atoms with Gasteiger partial charge in [0.15, 0.2) is 0 Å². The Bertz CT molecular complexity index is 324. The van der Waals surface area contributed by atoms with Gasteiger partial charge in [-0.15, -0.1) is 11.8 Å². The Morgan fingerprint density at radius 3 is 2.74 bits per heavy atom. The maximum atomic E-state index is 12.2. The third-order valence-corrected chi connectivity index (χ3v) is 6.50. The zero-order chi connectivity index (χ0) is 14.0. The number of carbonyl (C=O) groups is 1. The molecule has 1 aliphatic heterocycles. The molecule has 0 aromatic rings. The number of rotatable bonds is 3. The van der Waals surface area contributed by atoms with Gasteiger partial charge in [0.1, 0.15) is 10.2 Å². The minimum Gasteiger partial charge on any atom is -0.459 e. The highest BCUT2D eigenvalue weighted by Gasteiger charge is 2.37. The average molecular weight is 398 g/mol. The van der Waals surface area contributed by atoms with E-state index in [0.717, 1.165) is 12.2 Å². The van der Waals surface area contributed by atoms with Crippen LogP contribution < -0.4 is 0 Å². The Morgan fingerprint density at radius 1 is 1.42 bits per heavy atom. The van der Waals surface area contributed by atoms with E-state index in [1.165, 1.54) is 12.8 Å². The fourth-order valence-electron chi connectivity index (χ4n) is 2.95. The zero-order valence-corrected chi connectivity index (χ0v) is 14.8. The molecule has 1 saturated heterocycles. The van der Waals surface area contributed by atoms with Gasteiger partial charge in [-0.3, -0.25) is 0 Å². The lowest BCUT2D eigenvalue weighted by atomic mass is 9.75. The largest absolute Gasteiger partial charge is 0.459 e. The van der Waals surface area contributed by atoms with Gasteiger partial charge in [-0.2, -0.15) is 0 Å². The van der Waals surface area contributed by atoms with Crippen molar-refractivity contribution in [2.24, 2.45) is 17.8 Å². The predicted octanol–water partition coefficient (Wildman–Crippen LogP) is 3.84. The summed E-state index contributed by atoms with van der Waals surface area (Å²) < 4.78 is 11.5. The molecule has 5 heteroatoms. The van der Waals surface area contributed by atoms with E-state index in [0.29, 0.717) is 17.8 Å². The van der Waals surface area contributed by atoms with E-state index in [4.69, 9.17) is 9.47 Å². The topological polar surface area (TPSA) is 35.5 Å². The van der Waals surface area contributed by atoms with Crippen molar-refractivity contribution in [1.29, 1.82) is 0 Å². The Balaban J connectivity index is 1.92. The molecular formula is C14H23IO3S. The standard InChI is InChI=1S/C14H23IO3S/c1-8(2)10-5-4-9(3)6-11(10)17-13(16)14-18-12(15)7-19-14/h8-12,14H,4-7H2,1-3H3/t9-,10?,11-,12?,14-/m1/s1. The number of ether oxygens (including phenoxy) is 2. The molecule has 2 aliphatic rings. The lowest BCUT2D eigenvalue weighted by Crippen LogP contribution is -2.38. The molecule has 1 aliphatic carbocycles.